The summed E-state index contributed by atoms with van der Waals surface area (Å²) in [5.74, 6) is 8.15. The molecule has 0 amide bonds. The van der Waals surface area contributed by atoms with Gasteiger partial charge in [-0.1, -0.05) is 57.8 Å². The van der Waals surface area contributed by atoms with Crippen LogP contribution in [0, 0.1) is 47.5 Å². The summed E-state index contributed by atoms with van der Waals surface area (Å²) in [6.45, 7) is 7.29. The average molecular weight is 818 g/mol. The van der Waals surface area contributed by atoms with Crippen molar-refractivity contribution < 1.29 is 34.3 Å². The Kier molecular flexibility index (Phi) is 12.6. The first-order valence-electron chi connectivity index (χ1n) is 22.3. The summed E-state index contributed by atoms with van der Waals surface area (Å²) in [5, 5.41) is 33.4. The molecular weight excluding hydrogens is 755 g/mol. The number of aliphatic imine (C=N–C) groups is 1. The maximum Gasteiger partial charge on any atom is 0.185 e. The van der Waals surface area contributed by atoms with Crippen molar-refractivity contribution in [2.45, 2.75) is 116 Å². The van der Waals surface area contributed by atoms with Crippen molar-refractivity contribution >= 4 is 5.96 Å². The number of allylic oxidation sites excluding steroid dienone is 2. The molecule has 3 aromatic carbocycles. The van der Waals surface area contributed by atoms with Crippen LogP contribution >= 0.6 is 0 Å². The van der Waals surface area contributed by atoms with Crippen molar-refractivity contribution in [3.8, 4) is 51.9 Å². The largest absolute Gasteiger partial charge is 0.508 e. The molecule has 2 heterocycles. The van der Waals surface area contributed by atoms with E-state index in [0.717, 1.165) is 96.9 Å². The summed E-state index contributed by atoms with van der Waals surface area (Å²) in [4.78, 5) is 4.27. The van der Waals surface area contributed by atoms with Crippen LogP contribution in [0.4, 0.5) is 0 Å². The summed E-state index contributed by atoms with van der Waals surface area (Å²) in [6, 6.07) is 11.9. The number of aliphatic hydroxyl groups is 2. The van der Waals surface area contributed by atoms with E-state index in [2.05, 4.69) is 56.0 Å². The number of aromatic hydroxyl groups is 1. The highest BCUT2D eigenvalue weighted by Gasteiger charge is 2.42. The third-order valence-electron chi connectivity index (χ3n) is 14.0. The average Bonchev–Trinajstić information content (AvgIpc) is 3.32. The monoisotopic (exact) mass is 817 g/mol. The Morgan fingerprint density at radius 1 is 1.00 bits per heavy atom. The molecule has 3 aliphatic carbocycles. The topological polar surface area (TPSA) is 162 Å². The molecular formula is C50H63N3O7. The molecule has 0 saturated heterocycles. The summed E-state index contributed by atoms with van der Waals surface area (Å²) in [5.41, 5.74) is 18.4. The van der Waals surface area contributed by atoms with Crippen molar-refractivity contribution in [1.82, 2.24) is 0 Å². The molecule has 5 aliphatic rings. The molecule has 9 atom stereocenters. The number of phenolic OH excluding ortho intramolecular Hbond substituents is 1. The first-order chi connectivity index (χ1) is 29.1. The number of hydrogen-bond donors (Lipinski definition) is 5. The standard InChI is InChI=1S/C50H63N3O7/c1-5-29-21-33(12-11-30(29)16-18-54)37-22-35-24-40(55)36(20-28(2)3)23-38(35)47-45(57-4)27-43-39(46(37)47)26-41(56)49(59-43)34-13-14-42-44(25-34)60-48-31(10-7-19-58-42)8-6-9-32(48)15-17-53-50(51)52/h11-14,23-25,27-33,37,41,48-49,54-56H,5-6,8-10,15-18,20-22,26H2,1-4H3,(H4,51,52,53)/t29-,30+,31-,32-,33-,37+,41+,48+,49-/m0/s1. The van der Waals surface area contributed by atoms with Crippen molar-refractivity contribution in [3.05, 3.63) is 76.4 Å². The van der Waals surface area contributed by atoms with Crippen LogP contribution in [0.25, 0.3) is 11.1 Å². The van der Waals surface area contributed by atoms with E-state index in [9.17, 15) is 15.3 Å². The second kappa shape index (κ2) is 18.0. The molecule has 0 radical (unpaired) electrons. The molecule has 0 aromatic heterocycles. The van der Waals surface area contributed by atoms with Gasteiger partial charge >= 0.3 is 0 Å². The number of fused-ring (bicyclic) bond motifs is 7. The lowest BCUT2D eigenvalue weighted by atomic mass is 9.65. The third kappa shape index (κ3) is 8.40. The number of methoxy groups -OCH3 is 1. The van der Waals surface area contributed by atoms with Crippen LogP contribution < -0.4 is 30.4 Å². The number of hydrogen-bond acceptors (Lipinski definition) is 8. The fraction of sp³-hybridized carbons (Fsp3) is 0.540. The minimum absolute atomic E-state index is 0.0646. The van der Waals surface area contributed by atoms with Crippen LogP contribution in [-0.4, -0.2) is 53.7 Å². The van der Waals surface area contributed by atoms with Crippen molar-refractivity contribution in [2.24, 2.45) is 52.0 Å². The summed E-state index contributed by atoms with van der Waals surface area (Å²) < 4.78 is 26.1. The number of ether oxygens (including phenoxy) is 4. The number of nitrogens with zero attached hydrogens (tertiary/aromatic N) is 1. The normalized spacial score (nSPS) is 27.6. The summed E-state index contributed by atoms with van der Waals surface area (Å²) in [6.07, 6.45) is 15.3. The SMILES string of the molecule is CC[C@H]1C[C@@H]([C@H]2Cc3cc(O)c(CC(C)C)cc3-c3c(OC)cc4c(c32)C[C@@H](O)[C@H](c2ccc3c(c2)O[C@H]2[C@H](CCN=C(N)N)CCC[C@H]2CC#CO3)O4)C=C[C@@H]1CCO. The van der Waals surface area contributed by atoms with Gasteiger partial charge in [-0.25, -0.2) is 0 Å². The lowest BCUT2D eigenvalue weighted by Gasteiger charge is -2.42. The lowest BCUT2D eigenvalue weighted by Crippen LogP contribution is -2.39. The summed E-state index contributed by atoms with van der Waals surface area (Å²) >= 11 is 0. The van der Waals surface area contributed by atoms with Gasteiger partial charge in [0.25, 0.3) is 0 Å². The van der Waals surface area contributed by atoms with Crippen LogP contribution in [0.5, 0.6) is 28.7 Å². The highest BCUT2D eigenvalue weighted by Crippen LogP contribution is 2.56. The highest BCUT2D eigenvalue weighted by atomic mass is 16.5. The predicted molar refractivity (Wildman–Crippen MR) is 234 cm³/mol. The maximum absolute atomic E-state index is 12.2. The molecule has 320 valence electrons. The fourth-order valence-corrected chi connectivity index (χ4v) is 11.1. The van der Waals surface area contributed by atoms with Gasteiger partial charge in [-0.2, -0.15) is 0 Å². The Morgan fingerprint density at radius 3 is 2.62 bits per heavy atom. The molecule has 0 bridgehead atoms. The quantitative estimate of drug-likeness (QED) is 0.0557. The van der Waals surface area contributed by atoms with Crippen molar-refractivity contribution in [2.75, 3.05) is 20.3 Å². The van der Waals surface area contributed by atoms with E-state index in [4.69, 9.17) is 30.4 Å². The van der Waals surface area contributed by atoms with Gasteiger partial charge in [0.1, 0.15) is 35.6 Å². The Balaban J connectivity index is 1.18. The molecule has 10 heteroatoms. The lowest BCUT2D eigenvalue weighted by molar-refractivity contribution is 0.0188. The first-order valence-corrected chi connectivity index (χ1v) is 22.3. The molecule has 60 heavy (non-hydrogen) atoms. The van der Waals surface area contributed by atoms with Crippen LogP contribution in [0.15, 0.2) is 53.5 Å². The van der Waals surface area contributed by atoms with Crippen LogP contribution in [0.3, 0.4) is 0 Å². The van der Waals surface area contributed by atoms with E-state index >= 15 is 0 Å². The van der Waals surface area contributed by atoms with E-state index in [1.165, 1.54) is 5.56 Å². The Bertz CT molecular complexity index is 2170. The van der Waals surface area contributed by atoms with Gasteiger partial charge in [0.15, 0.2) is 17.5 Å². The second-order valence-corrected chi connectivity index (χ2v) is 18.2. The smallest absolute Gasteiger partial charge is 0.185 e. The molecule has 0 spiro atoms. The van der Waals surface area contributed by atoms with E-state index in [-0.39, 0.29) is 42.3 Å². The molecule has 8 rings (SSSR count). The van der Waals surface area contributed by atoms with Crippen LogP contribution in [-0.2, 0) is 19.3 Å². The Hall–Kier alpha value is -4.85. The predicted octanol–water partition coefficient (Wildman–Crippen LogP) is 8.11. The van der Waals surface area contributed by atoms with Crippen molar-refractivity contribution in [1.29, 1.82) is 0 Å². The number of aliphatic hydroxyl groups excluding tert-OH is 2. The van der Waals surface area contributed by atoms with Gasteiger partial charge in [0.2, 0.25) is 0 Å². The van der Waals surface area contributed by atoms with E-state index in [1.54, 1.807) is 7.11 Å². The van der Waals surface area contributed by atoms with E-state index < -0.39 is 12.2 Å². The number of nitrogens with two attached hydrogens (primary N) is 2. The van der Waals surface area contributed by atoms with Crippen molar-refractivity contribution in [3.63, 3.8) is 0 Å². The molecule has 3 aromatic rings. The van der Waals surface area contributed by atoms with E-state index in [0.29, 0.717) is 60.1 Å². The van der Waals surface area contributed by atoms with Gasteiger partial charge < -0.3 is 45.7 Å². The highest BCUT2D eigenvalue weighted by molar-refractivity contribution is 5.84. The molecule has 7 N–H and O–H groups in total. The molecule has 0 unspecified atom stereocenters. The molecule has 1 fully saturated rings. The van der Waals surface area contributed by atoms with E-state index in [1.807, 2.05) is 30.3 Å². The zero-order valence-electron chi connectivity index (χ0n) is 35.7. The maximum atomic E-state index is 12.2. The summed E-state index contributed by atoms with van der Waals surface area (Å²) in [7, 11) is 1.71. The van der Waals surface area contributed by atoms with Crippen LogP contribution in [0.1, 0.15) is 112 Å². The molecule has 10 nitrogen and oxygen atoms in total. The Labute approximate surface area is 355 Å². The van der Waals surface area contributed by atoms with Gasteiger partial charge in [-0.3, -0.25) is 4.99 Å². The zero-order chi connectivity index (χ0) is 42.1. The first kappa shape index (κ1) is 41.9. The third-order valence-corrected chi connectivity index (χ3v) is 14.0. The van der Waals surface area contributed by atoms with Gasteiger partial charge in [-0.05, 0) is 133 Å². The number of guanidine groups is 1. The molecule has 1 saturated carbocycles. The van der Waals surface area contributed by atoms with Crippen LogP contribution in [0.2, 0.25) is 0 Å². The molecule has 2 aliphatic heterocycles. The van der Waals surface area contributed by atoms with Gasteiger partial charge in [0, 0.05) is 49.1 Å². The number of benzene rings is 3. The number of phenols is 1. The minimum atomic E-state index is -0.850. The fourth-order valence-electron chi connectivity index (χ4n) is 11.1. The second-order valence-electron chi connectivity index (χ2n) is 18.2. The minimum Gasteiger partial charge on any atom is -0.508 e. The Morgan fingerprint density at radius 2 is 1.85 bits per heavy atom. The number of rotatable bonds is 11. The van der Waals surface area contributed by atoms with Gasteiger partial charge in [-0.15, -0.1) is 0 Å². The van der Waals surface area contributed by atoms with Gasteiger partial charge in [0.05, 0.1) is 13.2 Å². The zero-order valence-corrected chi connectivity index (χ0v) is 35.7.